The first-order valence-corrected chi connectivity index (χ1v) is 14.7. The van der Waals surface area contributed by atoms with Crippen molar-refractivity contribution >= 4 is 50.7 Å². The smallest absolute Gasteiger partial charge is 0.264 e. The van der Waals surface area contributed by atoms with E-state index in [2.05, 4.69) is 5.32 Å². The second-order valence-corrected chi connectivity index (χ2v) is 12.4. The highest BCUT2D eigenvalue weighted by Gasteiger charge is 2.33. The van der Waals surface area contributed by atoms with Crippen LogP contribution in [0.2, 0.25) is 10.0 Å². The Morgan fingerprint density at radius 2 is 1.54 bits per heavy atom. The highest BCUT2D eigenvalue weighted by atomic mass is 35.5. The molecular weight excluding hydrogens is 557 g/mol. The van der Waals surface area contributed by atoms with Crippen LogP contribution < -0.4 is 9.62 Å². The molecule has 0 radical (unpaired) electrons. The lowest BCUT2D eigenvalue weighted by Crippen LogP contribution is -2.52. The maximum atomic E-state index is 13.9. The highest BCUT2D eigenvalue weighted by Crippen LogP contribution is 2.28. The number of halogens is 2. The van der Waals surface area contributed by atoms with Gasteiger partial charge in [-0.3, -0.25) is 13.9 Å². The van der Waals surface area contributed by atoms with Crippen molar-refractivity contribution < 1.29 is 18.0 Å². The Labute approximate surface area is 240 Å². The molecule has 1 atom stereocenters. The predicted molar refractivity (Wildman–Crippen MR) is 157 cm³/mol. The van der Waals surface area contributed by atoms with E-state index in [9.17, 15) is 18.0 Å². The van der Waals surface area contributed by atoms with E-state index in [1.165, 1.54) is 17.0 Å². The van der Waals surface area contributed by atoms with Gasteiger partial charge in [-0.1, -0.05) is 65.2 Å². The zero-order chi connectivity index (χ0) is 28.9. The lowest BCUT2D eigenvalue weighted by Gasteiger charge is -2.32. The molecule has 0 unspecified atom stereocenters. The number of carbonyl (C=O) groups excluding carboxylic acids is 2. The average molecular weight is 591 g/mol. The first-order valence-electron chi connectivity index (χ1n) is 12.5. The summed E-state index contributed by atoms with van der Waals surface area (Å²) in [6.45, 7) is 8.41. The summed E-state index contributed by atoms with van der Waals surface area (Å²) in [5, 5.41) is 3.50. The predicted octanol–water partition coefficient (Wildman–Crippen LogP) is 5.75. The molecule has 3 aromatic rings. The topological polar surface area (TPSA) is 86.8 Å². The standard InChI is InChI=1S/C29H33Cl2N3O4S/c1-19(2)32-29(36)22(5)33(17-23-12-15-25(30)26(31)16-23)28(35)18-34(27-9-7-6-8-21(27)4)39(37,38)24-13-10-20(3)11-14-24/h6-16,19,22H,17-18H2,1-5H3,(H,32,36)/t22-/m1/s1. The van der Waals surface area contributed by atoms with Crippen molar-refractivity contribution in [2.24, 2.45) is 0 Å². The third-order valence-electron chi connectivity index (χ3n) is 6.21. The minimum absolute atomic E-state index is 0.0224. The molecule has 0 bridgehead atoms. The molecule has 0 spiro atoms. The molecule has 39 heavy (non-hydrogen) atoms. The van der Waals surface area contributed by atoms with E-state index in [0.29, 0.717) is 26.9 Å². The van der Waals surface area contributed by atoms with E-state index in [0.717, 1.165) is 9.87 Å². The fraction of sp³-hybridized carbons (Fsp3) is 0.310. The zero-order valence-corrected chi connectivity index (χ0v) is 24.9. The SMILES string of the molecule is Cc1ccc(S(=O)(=O)N(CC(=O)N(Cc2ccc(Cl)c(Cl)c2)[C@H](C)C(=O)NC(C)C)c2ccccc2C)cc1. The fourth-order valence-electron chi connectivity index (χ4n) is 4.02. The van der Waals surface area contributed by atoms with Gasteiger partial charge in [0.05, 0.1) is 20.6 Å². The number of carbonyl (C=O) groups is 2. The monoisotopic (exact) mass is 589 g/mol. The molecule has 3 aromatic carbocycles. The number of hydrogen-bond acceptors (Lipinski definition) is 4. The Morgan fingerprint density at radius 3 is 2.13 bits per heavy atom. The van der Waals surface area contributed by atoms with Gasteiger partial charge >= 0.3 is 0 Å². The molecule has 0 saturated heterocycles. The van der Waals surface area contributed by atoms with Crippen LogP contribution in [0.5, 0.6) is 0 Å². The van der Waals surface area contributed by atoms with Crippen molar-refractivity contribution in [3.8, 4) is 0 Å². The number of amides is 2. The van der Waals surface area contributed by atoms with Gasteiger partial charge in [-0.05, 0) is 76.1 Å². The third-order valence-corrected chi connectivity index (χ3v) is 8.72. The minimum Gasteiger partial charge on any atom is -0.352 e. The Bertz CT molecular complexity index is 1440. The van der Waals surface area contributed by atoms with Gasteiger partial charge in [0, 0.05) is 12.6 Å². The largest absolute Gasteiger partial charge is 0.352 e. The maximum Gasteiger partial charge on any atom is 0.264 e. The van der Waals surface area contributed by atoms with Crippen molar-refractivity contribution in [1.82, 2.24) is 10.2 Å². The number of rotatable bonds is 10. The molecule has 1 N–H and O–H groups in total. The number of para-hydroxylation sites is 1. The van der Waals surface area contributed by atoms with Crippen molar-refractivity contribution in [2.45, 2.75) is 58.1 Å². The van der Waals surface area contributed by atoms with E-state index in [4.69, 9.17) is 23.2 Å². The Kier molecular flexibility index (Phi) is 10.0. The second kappa shape index (κ2) is 12.9. The summed E-state index contributed by atoms with van der Waals surface area (Å²) in [7, 11) is -4.13. The zero-order valence-electron chi connectivity index (χ0n) is 22.6. The Balaban J connectivity index is 2.05. The molecule has 0 aliphatic heterocycles. The highest BCUT2D eigenvalue weighted by molar-refractivity contribution is 7.92. The van der Waals surface area contributed by atoms with E-state index >= 15 is 0 Å². The molecule has 0 fully saturated rings. The summed E-state index contributed by atoms with van der Waals surface area (Å²) in [5.41, 5.74) is 2.61. The molecule has 0 aromatic heterocycles. The van der Waals surface area contributed by atoms with Gasteiger partial charge in [-0.15, -0.1) is 0 Å². The van der Waals surface area contributed by atoms with Crippen LogP contribution in [-0.4, -0.2) is 43.8 Å². The van der Waals surface area contributed by atoms with Gasteiger partial charge in [-0.2, -0.15) is 0 Å². The van der Waals surface area contributed by atoms with Crippen LogP contribution in [0.1, 0.15) is 37.5 Å². The molecule has 208 valence electrons. The third kappa shape index (κ3) is 7.53. The van der Waals surface area contributed by atoms with Gasteiger partial charge < -0.3 is 10.2 Å². The summed E-state index contributed by atoms with van der Waals surface area (Å²) in [5.74, 6) is -0.909. The fourth-order valence-corrected chi connectivity index (χ4v) is 5.82. The van der Waals surface area contributed by atoms with Gasteiger partial charge in [0.2, 0.25) is 11.8 Å². The molecule has 0 heterocycles. The van der Waals surface area contributed by atoms with Crippen LogP contribution >= 0.6 is 23.2 Å². The molecule has 3 rings (SSSR count). The number of hydrogen-bond donors (Lipinski definition) is 1. The molecule has 0 saturated carbocycles. The van der Waals surface area contributed by atoms with E-state index in [-0.39, 0.29) is 23.4 Å². The lowest BCUT2D eigenvalue weighted by molar-refractivity contribution is -0.139. The Morgan fingerprint density at radius 1 is 0.897 bits per heavy atom. The molecule has 10 heteroatoms. The van der Waals surface area contributed by atoms with Crippen LogP contribution in [0.3, 0.4) is 0 Å². The van der Waals surface area contributed by atoms with E-state index in [1.807, 2.05) is 20.8 Å². The number of aryl methyl sites for hydroxylation is 2. The summed E-state index contributed by atoms with van der Waals surface area (Å²) < 4.78 is 28.9. The van der Waals surface area contributed by atoms with Crippen molar-refractivity contribution in [3.63, 3.8) is 0 Å². The van der Waals surface area contributed by atoms with Gasteiger partial charge in [-0.25, -0.2) is 8.42 Å². The Hall–Kier alpha value is -3.07. The quantitative estimate of drug-likeness (QED) is 0.326. The second-order valence-electron chi connectivity index (χ2n) is 9.72. The van der Waals surface area contributed by atoms with Crippen LogP contribution in [0.25, 0.3) is 0 Å². The summed E-state index contributed by atoms with van der Waals surface area (Å²) in [6.07, 6.45) is 0. The van der Waals surface area contributed by atoms with Crippen LogP contribution in [-0.2, 0) is 26.2 Å². The average Bonchev–Trinajstić information content (AvgIpc) is 2.87. The number of sulfonamides is 1. The normalized spacial score (nSPS) is 12.2. The summed E-state index contributed by atoms with van der Waals surface area (Å²) in [6, 6.07) is 17.3. The maximum absolute atomic E-state index is 13.9. The summed E-state index contributed by atoms with van der Waals surface area (Å²) in [4.78, 5) is 28.3. The van der Waals surface area contributed by atoms with Crippen molar-refractivity contribution in [2.75, 3.05) is 10.8 Å². The van der Waals surface area contributed by atoms with Gasteiger partial charge in [0.25, 0.3) is 10.0 Å². The lowest BCUT2D eigenvalue weighted by atomic mass is 10.1. The molecule has 2 amide bonds. The van der Waals surface area contributed by atoms with Crippen LogP contribution in [0.15, 0.2) is 71.6 Å². The van der Waals surface area contributed by atoms with Crippen LogP contribution in [0, 0.1) is 13.8 Å². The molecule has 0 aliphatic carbocycles. The number of benzene rings is 3. The summed E-state index contributed by atoms with van der Waals surface area (Å²) >= 11 is 12.3. The van der Waals surface area contributed by atoms with Crippen LogP contribution in [0.4, 0.5) is 5.69 Å². The van der Waals surface area contributed by atoms with Gasteiger partial charge in [0.1, 0.15) is 12.6 Å². The first-order chi connectivity index (χ1) is 18.3. The molecule has 0 aliphatic rings. The molecular formula is C29H33Cl2N3O4S. The van der Waals surface area contributed by atoms with E-state index < -0.39 is 28.5 Å². The number of nitrogens with zero attached hydrogens (tertiary/aromatic N) is 2. The number of nitrogens with one attached hydrogen (secondary N) is 1. The van der Waals surface area contributed by atoms with Gasteiger partial charge in [0.15, 0.2) is 0 Å². The van der Waals surface area contributed by atoms with Crippen molar-refractivity contribution in [3.05, 3.63) is 93.5 Å². The van der Waals surface area contributed by atoms with Crippen molar-refractivity contribution in [1.29, 1.82) is 0 Å². The molecule has 7 nitrogen and oxygen atoms in total. The first kappa shape index (κ1) is 30.5. The number of anilines is 1. The van der Waals surface area contributed by atoms with E-state index in [1.54, 1.807) is 68.4 Å². The minimum atomic E-state index is -4.13.